The van der Waals surface area contributed by atoms with E-state index in [1.165, 1.54) is 0 Å². The van der Waals surface area contributed by atoms with Gasteiger partial charge in [-0.25, -0.2) is 0 Å². The first-order valence-corrected chi connectivity index (χ1v) is 8.50. The zero-order valence-electron chi connectivity index (χ0n) is 14.0. The fourth-order valence-electron chi connectivity index (χ4n) is 3.33. The molecule has 1 aliphatic carbocycles. The molecule has 130 valence electrons. The number of Topliss-reactive ketones (excluding diaryl/α,β-unsaturated/α-hetero) is 1. The first-order chi connectivity index (χ1) is 12.0. The average Bonchev–Trinajstić information content (AvgIpc) is 2.61. The first-order valence-electron chi connectivity index (χ1n) is 8.50. The highest BCUT2D eigenvalue weighted by atomic mass is 16.5. The van der Waals surface area contributed by atoms with E-state index in [1.54, 1.807) is 30.3 Å². The number of ketones is 1. The molecule has 0 unspecified atom stereocenters. The molecule has 0 aromatic heterocycles. The Morgan fingerprint density at radius 2 is 1.40 bits per heavy atom. The predicted molar refractivity (Wildman–Crippen MR) is 97.1 cm³/mol. The lowest BCUT2D eigenvalue weighted by molar-refractivity contribution is -0.140. The van der Waals surface area contributed by atoms with Crippen molar-refractivity contribution >= 4 is 23.1 Å². The number of carbonyl (C=O) groups is 2. The standard InChI is InChI=1S/C20H22N2O3/c21-16-10-15(11-17(22)12-16)19(23)13-6-8-14(9-7-13)20(24)25-18-4-2-1-3-5-18/h1-5,10-14H,6-9,21-22H2. The van der Waals surface area contributed by atoms with E-state index in [1.807, 2.05) is 18.2 Å². The van der Waals surface area contributed by atoms with Crippen LogP contribution in [-0.4, -0.2) is 11.8 Å². The second-order valence-electron chi connectivity index (χ2n) is 6.54. The summed E-state index contributed by atoms with van der Waals surface area (Å²) < 4.78 is 5.41. The Hall–Kier alpha value is -2.82. The number of rotatable bonds is 4. The van der Waals surface area contributed by atoms with Gasteiger partial charge in [-0.05, 0) is 56.0 Å². The van der Waals surface area contributed by atoms with Crippen LogP contribution in [0.2, 0.25) is 0 Å². The maximum absolute atomic E-state index is 12.6. The predicted octanol–water partition coefficient (Wildman–Crippen LogP) is 3.45. The van der Waals surface area contributed by atoms with Gasteiger partial charge < -0.3 is 16.2 Å². The van der Waals surface area contributed by atoms with Crippen molar-refractivity contribution in [3.8, 4) is 5.75 Å². The molecule has 1 fully saturated rings. The Morgan fingerprint density at radius 1 is 0.840 bits per heavy atom. The minimum Gasteiger partial charge on any atom is -0.426 e. The van der Waals surface area contributed by atoms with Gasteiger partial charge in [0, 0.05) is 22.9 Å². The van der Waals surface area contributed by atoms with E-state index in [2.05, 4.69) is 0 Å². The zero-order valence-corrected chi connectivity index (χ0v) is 14.0. The van der Waals surface area contributed by atoms with Crippen molar-refractivity contribution < 1.29 is 14.3 Å². The third kappa shape index (κ3) is 4.18. The van der Waals surface area contributed by atoms with Crippen molar-refractivity contribution in [2.24, 2.45) is 11.8 Å². The molecule has 0 aliphatic heterocycles. The quantitative estimate of drug-likeness (QED) is 0.385. The summed E-state index contributed by atoms with van der Waals surface area (Å²) in [5.74, 6) is 0.136. The van der Waals surface area contributed by atoms with Gasteiger partial charge in [-0.3, -0.25) is 9.59 Å². The molecule has 0 radical (unpaired) electrons. The minimum atomic E-state index is -0.217. The van der Waals surface area contributed by atoms with E-state index >= 15 is 0 Å². The van der Waals surface area contributed by atoms with Gasteiger partial charge in [0.15, 0.2) is 5.78 Å². The van der Waals surface area contributed by atoms with Gasteiger partial charge in [0.25, 0.3) is 0 Å². The number of benzene rings is 2. The fourth-order valence-corrected chi connectivity index (χ4v) is 3.33. The molecule has 1 aliphatic rings. The van der Waals surface area contributed by atoms with Crippen LogP contribution in [0.3, 0.4) is 0 Å². The lowest BCUT2D eigenvalue weighted by Gasteiger charge is -2.26. The topological polar surface area (TPSA) is 95.4 Å². The van der Waals surface area contributed by atoms with E-state index in [-0.39, 0.29) is 23.6 Å². The number of carbonyl (C=O) groups excluding carboxylic acids is 2. The lowest BCUT2D eigenvalue weighted by Crippen LogP contribution is -2.28. The van der Waals surface area contributed by atoms with E-state index < -0.39 is 0 Å². The number of nitrogen functional groups attached to an aromatic ring is 2. The molecule has 0 spiro atoms. The Morgan fingerprint density at radius 3 is 2.00 bits per heavy atom. The van der Waals surface area contributed by atoms with Gasteiger partial charge in [-0.1, -0.05) is 18.2 Å². The summed E-state index contributed by atoms with van der Waals surface area (Å²) >= 11 is 0. The molecule has 0 atom stereocenters. The number of nitrogens with two attached hydrogens (primary N) is 2. The van der Waals surface area contributed by atoms with Crippen LogP contribution in [0.5, 0.6) is 5.75 Å². The third-order valence-electron chi connectivity index (χ3n) is 4.66. The highest BCUT2D eigenvalue weighted by Gasteiger charge is 2.31. The minimum absolute atomic E-state index is 0.0499. The van der Waals surface area contributed by atoms with Crippen molar-refractivity contribution in [1.29, 1.82) is 0 Å². The molecule has 2 aromatic carbocycles. The van der Waals surface area contributed by atoms with Crippen LogP contribution in [0.15, 0.2) is 48.5 Å². The van der Waals surface area contributed by atoms with Gasteiger partial charge in [0.1, 0.15) is 5.75 Å². The van der Waals surface area contributed by atoms with E-state index in [4.69, 9.17) is 16.2 Å². The average molecular weight is 338 g/mol. The number of anilines is 2. The fraction of sp³-hybridized carbons (Fsp3) is 0.300. The van der Waals surface area contributed by atoms with E-state index in [9.17, 15) is 9.59 Å². The van der Waals surface area contributed by atoms with Gasteiger partial charge in [-0.15, -0.1) is 0 Å². The van der Waals surface area contributed by atoms with Crippen molar-refractivity contribution in [3.63, 3.8) is 0 Å². The molecule has 0 bridgehead atoms. The van der Waals surface area contributed by atoms with Crippen LogP contribution < -0.4 is 16.2 Å². The maximum Gasteiger partial charge on any atom is 0.314 e. The zero-order chi connectivity index (χ0) is 17.8. The van der Waals surface area contributed by atoms with Gasteiger partial charge in [0.2, 0.25) is 0 Å². The molecule has 3 rings (SSSR count). The first kappa shape index (κ1) is 17.0. The van der Waals surface area contributed by atoms with Crippen LogP contribution >= 0.6 is 0 Å². The highest BCUT2D eigenvalue weighted by Crippen LogP contribution is 2.32. The van der Waals surface area contributed by atoms with Gasteiger partial charge in [-0.2, -0.15) is 0 Å². The molecule has 0 saturated heterocycles. The second-order valence-corrected chi connectivity index (χ2v) is 6.54. The van der Waals surface area contributed by atoms with Crippen molar-refractivity contribution in [2.75, 3.05) is 11.5 Å². The molecule has 5 nitrogen and oxygen atoms in total. The summed E-state index contributed by atoms with van der Waals surface area (Å²) in [7, 11) is 0. The molecule has 4 N–H and O–H groups in total. The monoisotopic (exact) mass is 338 g/mol. The van der Waals surface area contributed by atoms with Crippen LogP contribution in [0.1, 0.15) is 36.0 Å². The molecule has 5 heteroatoms. The summed E-state index contributed by atoms with van der Waals surface area (Å²) in [6, 6.07) is 14.0. The van der Waals surface area contributed by atoms with Gasteiger partial charge in [0.05, 0.1) is 5.92 Å². The Labute approximate surface area is 147 Å². The molecule has 0 heterocycles. The van der Waals surface area contributed by atoms with Gasteiger partial charge >= 0.3 is 5.97 Å². The normalized spacial score (nSPS) is 20.0. The Bertz CT molecular complexity index is 746. The van der Waals surface area contributed by atoms with Crippen LogP contribution in [0.25, 0.3) is 0 Å². The van der Waals surface area contributed by atoms with Crippen molar-refractivity contribution in [2.45, 2.75) is 25.7 Å². The summed E-state index contributed by atoms with van der Waals surface area (Å²) in [5.41, 5.74) is 13.1. The number of esters is 1. The van der Waals surface area contributed by atoms with E-state index in [0.717, 1.165) is 0 Å². The largest absolute Gasteiger partial charge is 0.426 e. The van der Waals surface area contributed by atoms with Crippen LogP contribution in [-0.2, 0) is 4.79 Å². The summed E-state index contributed by atoms with van der Waals surface area (Å²) in [6.07, 6.45) is 2.64. The second kappa shape index (κ2) is 7.38. The molecule has 2 aromatic rings. The highest BCUT2D eigenvalue weighted by molar-refractivity contribution is 5.99. The van der Waals surface area contributed by atoms with E-state index in [0.29, 0.717) is 48.4 Å². The van der Waals surface area contributed by atoms with Crippen LogP contribution in [0, 0.1) is 11.8 Å². The maximum atomic E-state index is 12.6. The SMILES string of the molecule is Nc1cc(N)cc(C(=O)C2CCC(C(=O)Oc3ccccc3)CC2)c1. The molecule has 0 amide bonds. The number of hydrogen-bond acceptors (Lipinski definition) is 5. The third-order valence-corrected chi connectivity index (χ3v) is 4.66. The summed E-state index contributed by atoms with van der Waals surface area (Å²) in [5, 5.41) is 0. The lowest BCUT2D eigenvalue weighted by atomic mass is 9.78. The summed E-state index contributed by atoms with van der Waals surface area (Å²) in [6.45, 7) is 0. The molecule has 1 saturated carbocycles. The number of para-hydroxylation sites is 1. The van der Waals surface area contributed by atoms with Crippen molar-refractivity contribution in [3.05, 3.63) is 54.1 Å². The molecular formula is C20H22N2O3. The Balaban J connectivity index is 1.58. The summed E-state index contributed by atoms with van der Waals surface area (Å²) in [4.78, 5) is 24.9. The molecule has 25 heavy (non-hydrogen) atoms. The van der Waals surface area contributed by atoms with Crippen LogP contribution in [0.4, 0.5) is 11.4 Å². The smallest absolute Gasteiger partial charge is 0.314 e. The van der Waals surface area contributed by atoms with Crippen molar-refractivity contribution in [1.82, 2.24) is 0 Å². The molecular weight excluding hydrogens is 316 g/mol. The number of hydrogen-bond donors (Lipinski definition) is 2. The Kier molecular flexibility index (Phi) is 5.03. The number of ether oxygens (including phenoxy) is 1.